The lowest BCUT2D eigenvalue weighted by molar-refractivity contribution is -0.125. The molecule has 2 rings (SSSR count). The first-order valence-electron chi connectivity index (χ1n) is 4.82. The highest BCUT2D eigenvalue weighted by molar-refractivity contribution is 5.08. The number of hydrogen-bond donors (Lipinski definition) is 0. The maximum atomic E-state index is 2.70. The van der Waals surface area contributed by atoms with E-state index in [1.54, 1.807) is 0 Å². The van der Waals surface area contributed by atoms with Crippen LogP contribution in [0, 0.1) is 0 Å². The molecule has 2 fully saturated rings. The van der Waals surface area contributed by atoms with Crippen LogP contribution >= 0.6 is 0 Å². The lowest BCUT2D eigenvalue weighted by Gasteiger charge is -2.63. The summed E-state index contributed by atoms with van der Waals surface area (Å²) in [5, 5.41) is 0. The molecule has 1 heterocycles. The highest BCUT2D eigenvalue weighted by Crippen LogP contribution is 2.50. The number of likely N-dealkylation sites (tertiary alicyclic amines) is 1. The normalized spacial score (nSPS) is 29.7. The molecule has 0 radical (unpaired) electrons. The summed E-state index contributed by atoms with van der Waals surface area (Å²) >= 11 is 0. The van der Waals surface area contributed by atoms with Gasteiger partial charge < -0.3 is 0 Å². The fraction of sp³-hybridized carbons (Fsp3) is 1.00. The Labute approximate surface area is 69.8 Å². The quantitative estimate of drug-likeness (QED) is 0.516. The first-order valence-corrected chi connectivity index (χ1v) is 4.82. The average molecular weight is 153 g/mol. The molecule has 11 heavy (non-hydrogen) atoms. The largest absolute Gasteiger partial charge is 0.293 e. The Hall–Kier alpha value is -0.0400. The van der Waals surface area contributed by atoms with Crippen molar-refractivity contribution >= 4 is 0 Å². The average Bonchev–Trinajstić information content (AvgIpc) is 1.49. The maximum Gasteiger partial charge on any atom is 0.0227 e. The van der Waals surface area contributed by atoms with Gasteiger partial charge in [0.25, 0.3) is 0 Å². The summed E-state index contributed by atoms with van der Waals surface area (Å²) in [6, 6.07) is 0. The van der Waals surface area contributed by atoms with Gasteiger partial charge in [0.1, 0.15) is 0 Å². The summed E-state index contributed by atoms with van der Waals surface area (Å²) in [5.74, 6) is 0. The molecule has 0 aromatic carbocycles. The molecule has 0 aromatic heterocycles. The zero-order valence-electron chi connectivity index (χ0n) is 7.98. The Bertz CT molecular complexity index is 157. The molecular formula is C10H19N. The predicted octanol–water partition coefficient (Wildman–Crippen LogP) is 2.41. The fourth-order valence-electron chi connectivity index (χ4n) is 2.69. The van der Waals surface area contributed by atoms with Crippen LogP contribution < -0.4 is 0 Å². The zero-order valence-corrected chi connectivity index (χ0v) is 7.98. The van der Waals surface area contributed by atoms with Gasteiger partial charge in [-0.25, -0.2) is 0 Å². The van der Waals surface area contributed by atoms with Crippen molar-refractivity contribution in [1.82, 2.24) is 4.90 Å². The van der Waals surface area contributed by atoms with E-state index in [9.17, 15) is 0 Å². The van der Waals surface area contributed by atoms with E-state index in [4.69, 9.17) is 0 Å². The van der Waals surface area contributed by atoms with Crippen LogP contribution in [0.2, 0.25) is 0 Å². The fourth-order valence-corrected chi connectivity index (χ4v) is 2.69. The van der Waals surface area contributed by atoms with E-state index in [1.807, 2.05) is 0 Å². The van der Waals surface area contributed by atoms with Crippen LogP contribution in [0.4, 0.5) is 0 Å². The second-order valence-corrected chi connectivity index (χ2v) is 5.15. The molecule has 64 valence electrons. The summed E-state index contributed by atoms with van der Waals surface area (Å²) in [5.41, 5.74) is 1.09. The monoisotopic (exact) mass is 153 g/mol. The molecule has 1 heteroatoms. The van der Waals surface area contributed by atoms with Crippen LogP contribution in [0.3, 0.4) is 0 Å². The van der Waals surface area contributed by atoms with E-state index in [0.29, 0.717) is 11.1 Å². The topological polar surface area (TPSA) is 3.24 Å². The Kier molecular flexibility index (Phi) is 1.39. The Morgan fingerprint density at radius 3 is 1.82 bits per heavy atom. The van der Waals surface area contributed by atoms with E-state index < -0.39 is 0 Å². The van der Waals surface area contributed by atoms with Crippen LogP contribution in [-0.2, 0) is 0 Å². The van der Waals surface area contributed by atoms with E-state index in [1.165, 1.54) is 32.2 Å². The summed E-state index contributed by atoms with van der Waals surface area (Å²) in [4.78, 5) is 2.70. The molecule has 0 N–H and O–H groups in total. The Balaban J connectivity index is 2.06. The van der Waals surface area contributed by atoms with Crippen LogP contribution in [0.1, 0.15) is 46.5 Å². The molecule has 0 atom stereocenters. The van der Waals surface area contributed by atoms with Gasteiger partial charge in [-0.3, -0.25) is 4.90 Å². The highest BCUT2D eigenvalue weighted by atomic mass is 15.3. The van der Waals surface area contributed by atoms with Gasteiger partial charge in [0.05, 0.1) is 0 Å². The van der Waals surface area contributed by atoms with Crippen molar-refractivity contribution in [3.63, 3.8) is 0 Å². The minimum atomic E-state index is 0.415. The summed E-state index contributed by atoms with van der Waals surface area (Å²) in [6.45, 7) is 8.36. The third-order valence-corrected chi connectivity index (χ3v) is 3.47. The van der Waals surface area contributed by atoms with Crippen molar-refractivity contribution < 1.29 is 0 Å². The number of nitrogens with zero attached hydrogens (tertiary/aromatic N) is 1. The lowest BCUT2D eigenvalue weighted by Crippen LogP contribution is -2.69. The molecule has 1 saturated heterocycles. The van der Waals surface area contributed by atoms with Gasteiger partial charge >= 0.3 is 0 Å². The van der Waals surface area contributed by atoms with Crippen molar-refractivity contribution in [1.29, 1.82) is 0 Å². The van der Waals surface area contributed by atoms with Crippen molar-refractivity contribution in [2.45, 2.75) is 57.5 Å². The van der Waals surface area contributed by atoms with E-state index >= 15 is 0 Å². The third-order valence-electron chi connectivity index (χ3n) is 3.47. The predicted molar refractivity (Wildman–Crippen MR) is 47.7 cm³/mol. The van der Waals surface area contributed by atoms with Gasteiger partial charge in [-0.05, 0) is 46.5 Å². The number of hydrogen-bond acceptors (Lipinski definition) is 1. The minimum Gasteiger partial charge on any atom is -0.293 e. The summed E-state index contributed by atoms with van der Waals surface area (Å²) in [6.07, 6.45) is 5.85. The van der Waals surface area contributed by atoms with Gasteiger partial charge in [0.2, 0.25) is 0 Å². The molecule has 1 spiro atoms. The van der Waals surface area contributed by atoms with Crippen molar-refractivity contribution in [2.75, 3.05) is 6.54 Å². The second-order valence-electron chi connectivity index (χ2n) is 5.15. The second kappa shape index (κ2) is 2.01. The SMILES string of the molecule is CC(C)(C)N1CCC12CCC2. The van der Waals surface area contributed by atoms with E-state index in [-0.39, 0.29) is 0 Å². The van der Waals surface area contributed by atoms with Crippen LogP contribution in [0.25, 0.3) is 0 Å². The van der Waals surface area contributed by atoms with Crippen molar-refractivity contribution in [3.05, 3.63) is 0 Å². The summed E-state index contributed by atoms with van der Waals surface area (Å²) < 4.78 is 0. The molecule has 0 amide bonds. The van der Waals surface area contributed by atoms with Crippen LogP contribution in [0.15, 0.2) is 0 Å². The Morgan fingerprint density at radius 2 is 1.73 bits per heavy atom. The van der Waals surface area contributed by atoms with Gasteiger partial charge in [-0.2, -0.15) is 0 Å². The van der Waals surface area contributed by atoms with Gasteiger partial charge in [0.15, 0.2) is 0 Å². The van der Waals surface area contributed by atoms with Gasteiger partial charge in [0, 0.05) is 17.6 Å². The molecular weight excluding hydrogens is 134 g/mol. The standard InChI is InChI=1S/C10H19N/c1-9(2,3)11-8-7-10(11)5-4-6-10/h4-8H2,1-3H3. The molecule has 1 saturated carbocycles. The van der Waals surface area contributed by atoms with E-state index in [0.717, 1.165) is 0 Å². The van der Waals surface area contributed by atoms with Gasteiger partial charge in [-0.15, -0.1) is 0 Å². The summed E-state index contributed by atoms with van der Waals surface area (Å²) in [7, 11) is 0. The van der Waals surface area contributed by atoms with Gasteiger partial charge in [-0.1, -0.05) is 0 Å². The smallest absolute Gasteiger partial charge is 0.0227 e. The Morgan fingerprint density at radius 1 is 1.09 bits per heavy atom. The maximum absolute atomic E-state index is 2.70. The van der Waals surface area contributed by atoms with Crippen molar-refractivity contribution in [2.24, 2.45) is 0 Å². The molecule has 1 aliphatic heterocycles. The molecule has 0 bridgehead atoms. The minimum absolute atomic E-state index is 0.415. The third kappa shape index (κ3) is 0.936. The molecule has 2 aliphatic rings. The lowest BCUT2D eigenvalue weighted by atomic mass is 9.66. The molecule has 1 aliphatic carbocycles. The van der Waals surface area contributed by atoms with Crippen LogP contribution in [0.5, 0.6) is 0 Å². The first kappa shape index (κ1) is 7.60. The highest BCUT2D eigenvalue weighted by Gasteiger charge is 2.52. The van der Waals surface area contributed by atoms with Crippen molar-refractivity contribution in [3.8, 4) is 0 Å². The molecule has 1 nitrogen and oxygen atoms in total. The number of rotatable bonds is 0. The molecule has 0 aromatic rings. The van der Waals surface area contributed by atoms with Crippen LogP contribution in [-0.4, -0.2) is 22.5 Å². The zero-order chi connectivity index (χ0) is 8.11. The first-order chi connectivity index (χ1) is 5.05. The van der Waals surface area contributed by atoms with E-state index in [2.05, 4.69) is 25.7 Å². The molecule has 0 unspecified atom stereocenters.